The smallest absolute Gasteiger partial charge is 0.407 e. The first-order valence-corrected chi connectivity index (χ1v) is 6.88. The molecule has 0 bridgehead atoms. The summed E-state index contributed by atoms with van der Waals surface area (Å²) < 4.78 is 5.10. The highest BCUT2D eigenvalue weighted by Crippen LogP contribution is 2.06. The molecule has 0 aliphatic carbocycles. The van der Waals surface area contributed by atoms with Gasteiger partial charge in [-0.1, -0.05) is 0 Å². The van der Waals surface area contributed by atoms with Gasteiger partial charge in [0.2, 0.25) is 0 Å². The maximum absolute atomic E-state index is 11.8. The third kappa shape index (κ3) is 7.20. The van der Waals surface area contributed by atoms with Crippen molar-refractivity contribution in [1.29, 1.82) is 0 Å². The molecule has 0 heterocycles. The molecule has 0 aliphatic rings. The summed E-state index contributed by atoms with van der Waals surface area (Å²) in [5.74, 6) is -0.160. The van der Waals surface area contributed by atoms with E-state index in [9.17, 15) is 9.59 Å². The Bertz CT molecular complexity index is 478. The van der Waals surface area contributed by atoms with Gasteiger partial charge in [-0.3, -0.25) is 4.79 Å². The molecule has 1 aromatic carbocycles. The molecule has 0 saturated carbocycles. The van der Waals surface area contributed by atoms with Crippen LogP contribution in [-0.4, -0.2) is 30.7 Å². The second-order valence-electron chi connectivity index (χ2n) is 5.66. The molecule has 0 atom stereocenters. The Hall–Kier alpha value is -2.24. The first kappa shape index (κ1) is 16.8. The molecule has 1 aromatic rings. The van der Waals surface area contributed by atoms with Gasteiger partial charge in [0.1, 0.15) is 5.60 Å². The van der Waals surface area contributed by atoms with Crippen LogP contribution in [0.15, 0.2) is 24.3 Å². The molecule has 0 aromatic heterocycles. The van der Waals surface area contributed by atoms with Crippen LogP contribution in [0.5, 0.6) is 0 Å². The molecule has 21 heavy (non-hydrogen) atoms. The molecule has 0 fully saturated rings. The fraction of sp³-hybridized carbons (Fsp3) is 0.467. The van der Waals surface area contributed by atoms with Crippen LogP contribution in [0, 0.1) is 0 Å². The minimum Gasteiger partial charge on any atom is -0.444 e. The number of benzene rings is 1. The predicted molar refractivity (Wildman–Crippen MR) is 82.0 cm³/mol. The third-order valence-electron chi connectivity index (χ3n) is 2.48. The van der Waals surface area contributed by atoms with Gasteiger partial charge in [-0.15, -0.1) is 0 Å². The van der Waals surface area contributed by atoms with Gasteiger partial charge in [0.15, 0.2) is 0 Å². The van der Waals surface area contributed by atoms with Crippen LogP contribution in [0.2, 0.25) is 0 Å². The lowest BCUT2D eigenvalue weighted by molar-refractivity contribution is 0.0527. The standard InChI is InChI=1S/C15H23N3O3/c1-15(2,3)21-14(20)18-10-4-9-17-13(19)11-5-7-12(16)8-6-11/h5-8H,4,9-10,16H2,1-3H3,(H,17,19)(H,18,20). The summed E-state index contributed by atoms with van der Waals surface area (Å²) >= 11 is 0. The summed E-state index contributed by atoms with van der Waals surface area (Å²) in [6, 6.07) is 6.70. The van der Waals surface area contributed by atoms with E-state index in [1.54, 1.807) is 45.0 Å². The fourth-order valence-electron chi connectivity index (χ4n) is 1.53. The third-order valence-corrected chi connectivity index (χ3v) is 2.48. The van der Waals surface area contributed by atoms with E-state index in [4.69, 9.17) is 10.5 Å². The van der Waals surface area contributed by atoms with Gasteiger partial charge in [0, 0.05) is 24.3 Å². The second kappa shape index (κ2) is 7.52. The van der Waals surface area contributed by atoms with Crippen LogP contribution >= 0.6 is 0 Å². The number of anilines is 1. The number of hydrogen-bond donors (Lipinski definition) is 3. The summed E-state index contributed by atoms with van der Waals surface area (Å²) in [7, 11) is 0. The Morgan fingerprint density at radius 2 is 1.67 bits per heavy atom. The number of rotatable bonds is 5. The quantitative estimate of drug-likeness (QED) is 0.571. The lowest BCUT2D eigenvalue weighted by atomic mass is 10.2. The number of alkyl carbamates (subject to hydrolysis) is 1. The van der Waals surface area contributed by atoms with Crippen LogP contribution in [0.1, 0.15) is 37.6 Å². The van der Waals surface area contributed by atoms with E-state index < -0.39 is 11.7 Å². The first-order chi connectivity index (χ1) is 9.78. The van der Waals surface area contributed by atoms with Crippen LogP contribution in [-0.2, 0) is 4.74 Å². The van der Waals surface area contributed by atoms with Crippen LogP contribution < -0.4 is 16.4 Å². The summed E-state index contributed by atoms with van der Waals surface area (Å²) in [4.78, 5) is 23.2. The van der Waals surface area contributed by atoms with Crippen molar-refractivity contribution >= 4 is 17.7 Å². The van der Waals surface area contributed by atoms with Gasteiger partial charge >= 0.3 is 6.09 Å². The number of nitrogens with one attached hydrogen (secondary N) is 2. The maximum atomic E-state index is 11.8. The molecule has 0 radical (unpaired) electrons. The molecule has 6 nitrogen and oxygen atoms in total. The van der Waals surface area contributed by atoms with E-state index in [1.807, 2.05) is 0 Å². The zero-order valence-electron chi connectivity index (χ0n) is 12.7. The highest BCUT2D eigenvalue weighted by atomic mass is 16.6. The molecule has 0 unspecified atom stereocenters. The van der Waals surface area contributed by atoms with Gasteiger partial charge in [-0.25, -0.2) is 4.79 Å². The molecule has 6 heteroatoms. The van der Waals surface area contributed by atoms with Crippen molar-refractivity contribution in [1.82, 2.24) is 10.6 Å². The fourth-order valence-corrected chi connectivity index (χ4v) is 1.53. The minimum atomic E-state index is -0.506. The Morgan fingerprint density at radius 3 is 2.24 bits per heavy atom. The van der Waals surface area contributed by atoms with E-state index in [2.05, 4.69) is 10.6 Å². The summed E-state index contributed by atoms with van der Waals surface area (Å²) in [5.41, 5.74) is 6.23. The van der Waals surface area contributed by atoms with E-state index in [-0.39, 0.29) is 5.91 Å². The lowest BCUT2D eigenvalue weighted by Gasteiger charge is -2.19. The highest BCUT2D eigenvalue weighted by molar-refractivity contribution is 5.94. The average Bonchev–Trinajstić information content (AvgIpc) is 2.36. The van der Waals surface area contributed by atoms with Crippen molar-refractivity contribution in [2.75, 3.05) is 18.8 Å². The highest BCUT2D eigenvalue weighted by Gasteiger charge is 2.15. The average molecular weight is 293 g/mol. The Labute approximate surface area is 125 Å². The van der Waals surface area contributed by atoms with E-state index in [0.717, 1.165) is 0 Å². The monoisotopic (exact) mass is 293 g/mol. The molecule has 0 saturated heterocycles. The number of amides is 2. The molecular formula is C15H23N3O3. The SMILES string of the molecule is CC(C)(C)OC(=O)NCCCNC(=O)c1ccc(N)cc1. The van der Waals surface area contributed by atoms with Crippen molar-refractivity contribution < 1.29 is 14.3 Å². The number of carbonyl (C=O) groups is 2. The summed E-state index contributed by atoms with van der Waals surface area (Å²) in [5, 5.41) is 5.40. The normalized spacial score (nSPS) is 10.8. The van der Waals surface area contributed by atoms with Crippen molar-refractivity contribution in [3.05, 3.63) is 29.8 Å². The van der Waals surface area contributed by atoms with Crippen molar-refractivity contribution in [3.8, 4) is 0 Å². The number of nitrogens with two attached hydrogens (primary N) is 1. The van der Waals surface area contributed by atoms with Gasteiger partial charge in [-0.05, 0) is 51.5 Å². The number of nitrogen functional groups attached to an aromatic ring is 1. The summed E-state index contributed by atoms with van der Waals surface area (Å²) in [6.45, 7) is 6.33. The lowest BCUT2D eigenvalue weighted by Crippen LogP contribution is -2.34. The Kier molecular flexibility index (Phi) is 6.02. The van der Waals surface area contributed by atoms with Crippen molar-refractivity contribution in [2.24, 2.45) is 0 Å². The van der Waals surface area contributed by atoms with Gasteiger partial charge < -0.3 is 21.1 Å². The van der Waals surface area contributed by atoms with Crippen molar-refractivity contribution in [3.63, 3.8) is 0 Å². The molecule has 2 amide bonds. The molecular weight excluding hydrogens is 270 g/mol. The Balaban J connectivity index is 2.18. The minimum absolute atomic E-state index is 0.160. The Morgan fingerprint density at radius 1 is 1.10 bits per heavy atom. The van der Waals surface area contributed by atoms with E-state index in [0.29, 0.717) is 30.8 Å². The first-order valence-electron chi connectivity index (χ1n) is 6.88. The molecule has 0 aliphatic heterocycles. The molecule has 0 spiro atoms. The van der Waals surface area contributed by atoms with E-state index >= 15 is 0 Å². The molecule has 4 N–H and O–H groups in total. The maximum Gasteiger partial charge on any atom is 0.407 e. The van der Waals surface area contributed by atoms with Gasteiger partial charge in [-0.2, -0.15) is 0 Å². The molecule has 116 valence electrons. The van der Waals surface area contributed by atoms with Gasteiger partial charge in [0.25, 0.3) is 5.91 Å². The topological polar surface area (TPSA) is 93.5 Å². The predicted octanol–water partition coefficient (Wildman–Crippen LogP) is 1.91. The second-order valence-corrected chi connectivity index (χ2v) is 5.66. The molecule has 1 rings (SSSR count). The van der Waals surface area contributed by atoms with Crippen LogP contribution in [0.3, 0.4) is 0 Å². The zero-order valence-corrected chi connectivity index (χ0v) is 12.7. The summed E-state index contributed by atoms with van der Waals surface area (Å²) in [6.07, 6.45) is 0.173. The zero-order chi connectivity index (χ0) is 15.9. The number of carbonyl (C=O) groups excluding carboxylic acids is 2. The largest absolute Gasteiger partial charge is 0.444 e. The van der Waals surface area contributed by atoms with Crippen molar-refractivity contribution in [2.45, 2.75) is 32.8 Å². The van der Waals surface area contributed by atoms with Gasteiger partial charge in [0.05, 0.1) is 0 Å². The van der Waals surface area contributed by atoms with E-state index in [1.165, 1.54) is 0 Å². The van der Waals surface area contributed by atoms with Crippen LogP contribution in [0.4, 0.5) is 10.5 Å². The van der Waals surface area contributed by atoms with Crippen LogP contribution in [0.25, 0.3) is 0 Å². The number of ether oxygens (including phenoxy) is 1. The number of hydrogen-bond acceptors (Lipinski definition) is 4.